The molecule has 0 atom stereocenters. The summed E-state index contributed by atoms with van der Waals surface area (Å²) in [5, 5.41) is 13.5. The van der Waals surface area contributed by atoms with Gasteiger partial charge in [-0.05, 0) is 48.7 Å². The van der Waals surface area contributed by atoms with E-state index in [1.54, 1.807) is 24.5 Å². The second kappa shape index (κ2) is 8.70. The van der Waals surface area contributed by atoms with Gasteiger partial charge in [-0.1, -0.05) is 18.9 Å². The highest BCUT2D eigenvalue weighted by molar-refractivity contribution is 6.11. The van der Waals surface area contributed by atoms with Gasteiger partial charge in [-0.25, -0.2) is 4.98 Å². The molecule has 3 aromatic heterocycles. The van der Waals surface area contributed by atoms with Crippen LogP contribution in [-0.4, -0.2) is 38.0 Å². The van der Waals surface area contributed by atoms with Crippen LogP contribution in [0.5, 0.6) is 0 Å². The van der Waals surface area contributed by atoms with Gasteiger partial charge in [0.05, 0.1) is 23.1 Å². The van der Waals surface area contributed by atoms with Crippen molar-refractivity contribution in [3.8, 4) is 11.1 Å². The third-order valence-electron chi connectivity index (χ3n) is 5.82. The number of aromatic nitrogens is 4. The third-order valence-corrected chi connectivity index (χ3v) is 5.82. The molecule has 2 amide bonds. The fraction of sp³-hybridized carbons (Fsp3) is 0.208. The standard InChI is InChI=1S/C24H23N7O2/c25-16-9-15(11-26-12-16)14-5-7-20-19(10-14)22(31-30-20)24(33)29-18-6-8-21(27-13-18)23(32)28-17-3-1-2-4-17/h5-13,17H,1-4,25H2,(H,28,32)(H,29,33)(H,30,31). The van der Waals surface area contributed by atoms with E-state index in [9.17, 15) is 9.59 Å². The number of fused-ring (bicyclic) bond motifs is 1. The summed E-state index contributed by atoms with van der Waals surface area (Å²) in [7, 11) is 0. The molecule has 1 aromatic carbocycles. The van der Waals surface area contributed by atoms with Gasteiger partial charge in [-0.2, -0.15) is 5.10 Å². The minimum absolute atomic E-state index is 0.193. The Kier molecular flexibility index (Phi) is 5.43. The maximum Gasteiger partial charge on any atom is 0.276 e. The molecule has 0 unspecified atom stereocenters. The largest absolute Gasteiger partial charge is 0.397 e. The molecule has 1 fully saturated rings. The Morgan fingerprint density at radius 3 is 2.58 bits per heavy atom. The van der Waals surface area contributed by atoms with Crippen LogP contribution in [0.25, 0.3) is 22.0 Å². The molecular formula is C24H23N7O2. The summed E-state index contributed by atoms with van der Waals surface area (Å²) in [5.41, 5.74) is 9.92. The lowest BCUT2D eigenvalue weighted by Gasteiger charge is -2.11. The number of aromatic amines is 1. The fourth-order valence-electron chi connectivity index (χ4n) is 4.10. The van der Waals surface area contributed by atoms with E-state index in [1.165, 1.54) is 6.20 Å². The predicted molar refractivity (Wildman–Crippen MR) is 126 cm³/mol. The van der Waals surface area contributed by atoms with Crippen molar-refractivity contribution in [1.82, 2.24) is 25.5 Å². The minimum atomic E-state index is -0.381. The first-order valence-corrected chi connectivity index (χ1v) is 10.8. The number of nitrogen functional groups attached to an aromatic ring is 1. The number of hydrogen-bond acceptors (Lipinski definition) is 6. The fourth-order valence-corrected chi connectivity index (χ4v) is 4.10. The molecule has 9 heteroatoms. The number of pyridine rings is 2. The van der Waals surface area contributed by atoms with Gasteiger partial charge in [0, 0.05) is 29.4 Å². The molecule has 0 bridgehead atoms. The average molecular weight is 441 g/mol. The molecule has 0 spiro atoms. The van der Waals surface area contributed by atoms with Crippen LogP contribution in [0.15, 0.2) is 55.0 Å². The van der Waals surface area contributed by atoms with Gasteiger partial charge in [-0.15, -0.1) is 0 Å². The predicted octanol–water partition coefficient (Wildman–Crippen LogP) is 3.53. The number of nitrogens with zero attached hydrogens (tertiary/aromatic N) is 3. The SMILES string of the molecule is Nc1cncc(-c2ccc3[nH]nc(C(=O)Nc4ccc(C(=O)NC5CCCC5)nc4)c3c2)c1. The number of carbonyl (C=O) groups is 2. The van der Waals surface area contributed by atoms with E-state index in [0.29, 0.717) is 22.5 Å². The van der Waals surface area contributed by atoms with Crippen molar-refractivity contribution in [2.45, 2.75) is 31.7 Å². The van der Waals surface area contributed by atoms with E-state index in [-0.39, 0.29) is 23.6 Å². The Labute approximate surface area is 189 Å². The number of nitrogens with one attached hydrogen (secondary N) is 3. The van der Waals surface area contributed by atoms with Crippen molar-refractivity contribution in [2.24, 2.45) is 0 Å². The molecule has 1 saturated carbocycles. The zero-order valence-corrected chi connectivity index (χ0v) is 17.8. The Hall–Kier alpha value is -4.27. The number of anilines is 2. The second-order valence-electron chi connectivity index (χ2n) is 8.18. The van der Waals surface area contributed by atoms with Crippen molar-refractivity contribution in [3.05, 3.63) is 66.4 Å². The molecule has 5 rings (SSSR count). The van der Waals surface area contributed by atoms with E-state index >= 15 is 0 Å². The normalized spacial score (nSPS) is 13.8. The molecule has 9 nitrogen and oxygen atoms in total. The molecule has 5 N–H and O–H groups in total. The van der Waals surface area contributed by atoms with Crippen LogP contribution in [0.2, 0.25) is 0 Å². The quantitative estimate of drug-likeness (QED) is 0.374. The van der Waals surface area contributed by atoms with Gasteiger partial charge >= 0.3 is 0 Å². The Morgan fingerprint density at radius 2 is 1.82 bits per heavy atom. The van der Waals surface area contributed by atoms with Crippen LogP contribution in [0, 0.1) is 0 Å². The third kappa shape index (κ3) is 4.38. The molecule has 33 heavy (non-hydrogen) atoms. The van der Waals surface area contributed by atoms with Crippen LogP contribution in [0.1, 0.15) is 46.7 Å². The summed E-state index contributed by atoms with van der Waals surface area (Å²) < 4.78 is 0. The van der Waals surface area contributed by atoms with Gasteiger partial charge in [-0.3, -0.25) is 19.7 Å². The molecule has 0 saturated heterocycles. The highest BCUT2D eigenvalue weighted by atomic mass is 16.2. The van der Waals surface area contributed by atoms with Crippen molar-refractivity contribution in [3.63, 3.8) is 0 Å². The van der Waals surface area contributed by atoms with E-state index in [4.69, 9.17) is 5.73 Å². The Morgan fingerprint density at radius 1 is 0.970 bits per heavy atom. The molecule has 1 aliphatic rings. The number of nitrogens with two attached hydrogens (primary N) is 1. The van der Waals surface area contributed by atoms with Crippen LogP contribution in [0.3, 0.4) is 0 Å². The summed E-state index contributed by atoms with van der Waals surface area (Å²) in [6, 6.07) is 11.0. The summed E-state index contributed by atoms with van der Waals surface area (Å²) in [6.45, 7) is 0. The first kappa shape index (κ1) is 20.6. The average Bonchev–Trinajstić information content (AvgIpc) is 3.49. The van der Waals surface area contributed by atoms with E-state index in [0.717, 1.165) is 42.3 Å². The van der Waals surface area contributed by atoms with Crippen molar-refractivity contribution < 1.29 is 9.59 Å². The number of amides is 2. The smallest absolute Gasteiger partial charge is 0.276 e. The summed E-state index contributed by atoms with van der Waals surface area (Å²) in [5.74, 6) is -0.573. The van der Waals surface area contributed by atoms with E-state index in [2.05, 4.69) is 30.8 Å². The molecule has 1 aliphatic carbocycles. The van der Waals surface area contributed by atoms with E-state index in [1.807, 2.05) is 24.3 Å². The van der Waals surface area contributed by atoms with Crippen molar-refractivity contribution in [2.75, 3.05) is 11.1 Å². The monoisotopic (exact) mass is 441 g/mol. The first-order valence-electron chi connectivity index (χ1n) is 10.8. The highest BCUT2D eigenvalue weighted by Gasteiger charge is 2.19. The van der Waals surface area contributed by atoms with Crippen LogP contribution >= 0.6 is 0 Å². The van der Waals surface area contributed by atoms with Crippen LogP contribution in [0.4, 0.5) is 11.4 Å². The first-order chi connectivity index (χ1) is 16.1. The van der Waals surface area contributed by atoms with Crippen molar-refractivity contribution >= 4 is 34.1 Å². The number of rotatable bonds is 5. The molecule has 166 valence electrons. The second-order valence-corrected chi connectivity index (χ2v) is 8.18. The number of carbonyl (C=O) groups excluding carboxylic acids is 2. The van der Waals surface area contributed by atoms with Crippen LogP contribution in [-0.2, 0) is 0 Å². The molecule has 0 aliphatic heterocycles. The number of H-pyrrole nitrogens is 1. The summed E-state index contributed by atoms with van der Waals surface area (Å²) in [4.78, 5) is 33.6. The summed E-state index contributed by atoms with van der Waals surface area (Å²) >= 11 is 0. The van der Waals surface area contributed by atoms with Gasteiger partial charge in [0.1, 0.15) is 5.69 Å². The Balaban J connectivity index is 1.32. The molecular weight excluding hydrogens is 418 g/mol. The Bertz CT molecular complexity index is 1320. The van der Waals surface area contributed by atoms with Crippen molar-refractivity contribution in [1.29, 1.82) is 0 Å². The number of benzene rings is 1. The lowest BCUT2D eigenvalue weighted by atomic mass is 10.0. The molecule has 4 aromatic rings. The van der Waals surface area contributed by atoms with Gasteiger partial charge in [0.15, 0.2) is 5.69 Å². The van der Waals surface area contributed by atoms with Gasteiger partial charge in [0.2, 0.25) is 0 Å². The minimum Gasteiger partial charge on any atom is -0.397 e. The molecule has 0 radical (unpaired) electrons. The summed E-state index contributed by atoms with van der Waals surface area (Å²) in [6.07, 6.45) is 9.07. The van der Waals surface area contributed by atoms with Gasteiger partial charge in [0.25, 0.3) is 11.8 Å². The topological polar surface area (TPSA) is 139 Å². The van der Waals surface area contributed by atoms with Gasteiger partial charge < -0.3 is 16.4 Å². The maximum atomic E-state index is 12.9. The molecule has 3 heterocycles. The van der Waals surface area contributed by atoms with Crippen LogP contribution < -0.4 is 16.4 Å². The van der Waals surface area contributed by atoms with E-state index < -0.39 is 0 Å². The zero-order valence-electron chi connectivity index (χ0n) is 17.8. The number of hydrogen-bond donors (Lipinski definition) is 4. The zero-order chi connectivity index (χ0) is 22.8. The highest BCUT2D eigenvalue weighted by Crippen LogP contribution is 2.26. The lowest BCUT2D eigenvalue weighted by Crippen LogP contribution is -2.33. The lowest BCUT2D eigenvalue weighted by molar-refractivity contribution is 0.0932. The maximum absolute atomic E-state index is 12.9.